The first-order valence-corrected chi connectivity index (χ1v) is 7.30. The summed E-state index contributed by atoms with van der Waals surface area (Å²) in [5, 5.41) is 3.22. The monoisotopic (exact) mass is 283 g/mol. The summed E-state index contributed by atoms with van der Waals surface area (Å²) in [6, 6.07) is 12.7. The van der Waals surface area contributed by atoms with Crippen LogP contribution in [-0.4, -0.2) is 26.3 Å². The van der Waals surface area contributed by atoms with Gasteiger partial charge in [-0.05, 0) is 42.7 Å². The number of hydrogen-bond acceptors (Lipinski definition) is 3. The van der Waals surface area contributed by atoms with Gasteiger partial charge in [0.1, 0.15) is 6.10 Å². The lowest BCUT2D eigenvalue weighted by atomic mass is 9.98. The second-order valence-corrected chi connectivity index (χ2v) is 5.58. The van der Waals surface area contributed by atoms with Gasteiger partial charge in [0.25, 0.3) is 0 Å². The molecule has 1 aliphatic heterocycles. The lowest BCUT2D eigenvalue weighted by Crippen LogP contribution is -2.50. The van der Waals surface area contributed by atoms with Gasteiger partial charge >= 0.3 is 0 Å². The Balaban J connectivity index is 1.98. The van der Waals surface area contributed by atoms with Crippen molar-refractivity contribution in [2.24, 2.45) is 0 Å². The van der Waals surface area contributed by atoms with Crippen molar-refractivity contribution in [1.82, 2.24) is 5.32 Å². The van der Waals surface area contributed by atoms with E-state index in [1.807, 2.05) is 6.07 Å². The van der Waals surface area contributed by atoms with Crippen molar-refractivity contribution < 1.29 is 9.47 Å². The van der Waals surface area contributed by atoms with E-state index in [1.54, 1.807) is 7.11 Å². The van der Waals surface area contributed by atoms with Gasteiger partial charge in [0, 0.05) is 13.1 Å². The van der Waals surface area contributed by atoms with Crippen LogP contribution in [0.2, 0.25) is 0 Å². The lowest BCUT2D eigenvalue weighted by Gasteiger charge is -2.28. The number of methoxy groups -OCH3 is 1. The summed E-state index contributed by atoms with van der Waals surface area (Å²) in [6.45, 7) is 6.05. The molecular formula is C18H21NO2. The summed E-state index contributed by atoms with van der Waals surface area (Å²) in [5.41, 5.74) is 4.94. The highest BCUT2D eigenvalue weighted by Crippen LogP contribution is 2.35. The van der Waals surface area contributed by atoms with Crippen LogP contribution < -0.4 is 14.8 Å². The van der Waals surface area contributed by atoms with Crippen LogP contribution in [0.15, 0.2) is 36.4 Å². The number of ether oxygens (including phenoxy) is 2. The van der Waals surface area contributed by atoms with E-state index in [0.717, 1.165) is 24.6 Å². The molecule has 0 radical (unpaired) electrons. The average molecular weight is 283 g/mol. The molecule has 1 heterocycles. The topological polar surface area (TPSA) is 30.5 Å². The maximum Gasteiger partial charge on any atom is 0.162 e. The van der Waals surface area contributed by atoms with Crippen LogP contribution in [0, 0.1) is 13.8 Å². The molecule has 1 N–H and O–H groups in total. The summed E-state index contributed by atoms with van der Waals surface area (Å²) in [4.78, 5) is 0. The van der Waals surface area contributed by atoms with Gasteiger partial charge in [-0.2, -0.15) is 0 Å². The van der Waals surface area contributed by atoms with Gasteiger partial charge in [-0.1, -0.05) is 29.8 Å². The van der Waals surface area contributed by atoms with E-state index < -0.39 is 0 Å². The van der Waals surface area contributed by atoms with Crippen LogP contribution in [0.3, 0.4) is 0 Å². The minimum atomic E-state index is 0.243. The Bertz CT molecular complexity index is 648. The van der Waals surface area contributed by atoms with Crippen LogP contribution in [0.1, 0.15) is 11.1 Å². The quantitative estimate of drug-likeness (QED) is 0.933. The fraction of sp³-hybridized carbons (Fsp3) is 0.333. The van der Waals surface area contributed by atoms with Crippen LogP contribution in [-0.2, 0) is 0 Å². The van der Waals surface area contributed by atoms with Gasteiger partial charge in [-0.15, -0.1) is 0 Å². The number of aryl methyl sites for hydroxylation is 2. The van der Waals surface area contributed by atoms with Crippen molar-refractivity contribution in [2.45, 2.75) is 20.0 Å². The van der Waals surface area contributed by atoms with E-state index in [4.69, 9.17) is 9.47 Å². The molecule has 3 heteroatoms. The van der Waals surface area contributed by atoms with Crippen LogP contribution in [0.5, 0.6) is 11.5 Å². The molecule has 0 spiro atoms. The highest BCUT2D eigenvalue weighted by atomic mass is 16.5. The summed E-state index contributed by atoms with van der Waals surface area (Å²) < 4.78 is 11.4. The molecule has 1 saturated heterocycles. The molecule has 1 fully saturated rings. The molecule has 0 bridgehead atoms. The molecular weight excluding hydrogens is 262 g/mol. The molecule has 3 rings (SSSR count). The van der Waals surface area contributed by atoms with Crippen molar-refractivity contribution in [3.8, 4) is 22.6 Å². The zero-order valence-electron chi connectivity index (χ0n) is 12.8. The first-order chi connectivity index (χ1) is 10.2. The summed E-state index contributed by atoms with van der Waals surface area (Å²) >= 11 is 0. The molecule has 0 unspecified atom stereocenters. The molecule has 0 aliphatic carbocycles. The molecule has 0 saturated carbocycles. The molecule has 0 atom stereocenters. The zero-order valence-corrected chi connectivity index (χ0v) is 12.8. The second kappa shape index (κ2) is 5.78. The van der Waals surface area contributed by atoms with Gasteiger partial charge in [0.15, 0.2) is 11.5 Å². The van der Waals surface area contributed by atoms with Crippen molar-refractivity contribution >= 4 is 0 Å². The van der Waals surface area contributed by atoms with Gasteiger partial charge in [0.05, 0.1) is 7.11 Å². The summed E-state index contributed by atoms with van der Waals surface area (Å²) in [7, 11) is 1.68. The second-order valence-electron chi connectivity index (χ2n) is 5.58. The Morgan fingerprint density at radius 1 is 1.00 bits per heavy atom. The number of hydrogen-bond donors (Lipinski definition) is 1. The molecule has 1 aliphatic rings. The standard InChI is InChI=1S/C18H21NO2/c1-12-4-5-13(2)16(8-12)14-6-7-17(20-3)18(9-14)21-15-10-19-11-15/h4-9,15,19H,10-11H2,1-3H3. The van der Waals surface area contributed by atoms with Gasteiger partial charge in [-0.25, -0.2) is 0 Å². The van der Waals surface area contributed by atoms with Crippen molar-refractivity contribution in [1.29, 1.82) is 0 Å². The smallest absolute Gasteiger partial charge is 0.162 e. The predicted molar refractivity (Wildman–Crippen MR) is 85.2 cm³/mol. The number of nitrogens with one attached hydrogen (secondary N) is 1. The fourth-order valence-electron chi connectivity index (χ4n) is 2.51. The predicted octanol–water partition coefficient (Wildman–Crippen LogP) is 3.33. The van der Waals surface area contributed by atoms with Crippen LogP contribution in [0.4, 0.5) is 0 Å². The summed E-state index contributed by atoms with van der Waals surface area (Å²) in [5.74, 6) is 1.61. The normalized spacial score (nSPS) is 14.6. The highest BCUT2D eigenvalue weighted by Gasteiger charge is 2.20. The zero-order chi connectivity index (χ0) is 14.8. The average Bonchev–Trinajstić information content (AvgIpc) is 2.45. The maximum atomic E-state index is 6.02. The van der Waals surface area contributed by atoms with Gasteiger partial charge in [0.2, 0.25) is 0 Å². The first kappa shape index (κ1) is 14.0. The Kier molecular flexibility index (Phi) is 3.84. The molecule has 2 aromatic carbocycles. The maximum absolute atomic E-state index is 6.02. The van der Waals surface area contributed by atoms with E-state index in [9.17, 15) is 0 Å². The van der Waals surface area contributed by atoms with Gasteiger partial charge in [-0.3, -0.25) is 0 Å². The van der Waals surface area contributed by atoms with E-state index >= 15 is 0 Å². The largest absolute Gasteiger partial charge is 0.493 e. The Morgan fingerprint density at radius 2 is 1.81 bits per heavy atom. The Labute approximate surface area is 125 Å². The summed E-state index contributed by atoms with van der Waals surface area (Å²) in [6.07, 6.45) is 0.243. The van der Waals surface area contributed by atoms with Crippen molar-refractivity contribution in [3.63, 3.8) is 0 Å². The first-order valence-electron chi connectivity index (χ1n) is 7.30. The SMILES string of the molecule is COc1ccc(-c2cc(C)ccc2C)cc1OC1CNC1. The van der Waals surface area contributed by atoms with Gasteiger partial charge < -0.3 is 14.8 Å². The van der Waals surface area contributed by atoms with Crippen LogP contribution in [0.25, 0.3) is 11.1 Å². The van der Waals surface area contributed by atoms with E-state index in [-0.39, 0.29) is 6.10 Å². The van der Waals surface area contributed by atoms with Crippen molar-refractivity contribution in [3.05, 3.63) is 47.5 Å². The molecule has 110 valence electrons. The molecule has 3 nitrogen and oxygen atoms in total. The van der Waals surface area contributed by atoms with E-state index in [0.29, 0.717) is 0 Å². The van der Waals surface area contributed by atoms with Crippen LogP contribution >= 0.6 is 0 Å². The molecule has 21 heavy (non-hydrogen) atoms. The third kappa shape index (κ3) is 2.88. The number of benzene rings is 2. The molecule has 0 amide bonds. The Morgan fingerprint density at radius 3 is 2.48 bits per heavy atom. The highest BCUT2D eigenvalue weighted by molar-refractivity contribution is 5.70. The third-order valence-corrected chi connectivity index (χ3v) is 3.91. The Hall–Kier alpha value is -2.00. The molecule has 0 aromatic heterocycles. The minimum Gasteiger partial charge on any atom is -0.493 e. The van der Waals surface area contributed by atoms with E-state index in [2.05, 4.69) is 49.5 Å². The van der Waals surface area contributed by atoms with Crippen molar-refractivity contribution in [2.75, 3.05) is 20.2 Å². The van der Waals surface area contributed by atoms with E-state index in [1.165, 1.54) is 22.3 Å². The number of rotatable bonds is 4. The fourth-order valence-corrected chi connectivity index (χ4v) is 2.51. The molecule has 2 aromatic rings. The third-order valence-electron chi connectivity index (χ3n) is 3.91. The minimum absolute atomic E-state index is 0.243. The lowest BCUT2D eigenvalue weighted by molar-refractivity contribution is 0.137.